The van der Waals surface area contributed by atoms with Crippen LogP contribution in [0.25, 0.3) is 5.70 Å². The zero-order valence-electron chi connectivity index (χ0n) is 15.2. The number of ketones is 1. The normalized spacial score (nSPS) is 13.3. The second-order valence-corrected chi connectivity index (χ2v) is 6.46. The fraction of sp³-hybridized carbons (Fsp3) is 0.474. The number of allylic oxidation sites excluding steroid dienone is 1. The van der Waals surface area contributed by atoms with Gasteiger partial charge in [-0.1, -0.05) is 0 Å². The number of anilines is 1. The topological polar surface area (TPSA) is 40.6 Å². The van der Waals surface area contributed by atoms with Crippen molar-refractivity contribution in [3.05, 3.63) is 44.5 Å². The van der Waals surface area contributed by atoms with Crippen LogP contribution in [-0.2, 0) is 0 Å². The van der Waals surface area contributed by atoms with Crippen molar-refractivity contribution in [1.29, 1.82) is 0 Å². The molecule has 0 bridgehead atoms. The molecule has 2 rings (SSSR count). The van der Waals surface area contributed by atoms with Crippen molar-refractivity contribution in [2.75, 3.05) is 37.3 Å². The van der Waals surface area contributed by atoms with Crippen molar-refractivity contribution in [3.63, 3.8) is 0 Å². The molecule has 0 spiro atoms. The van der Waals surface area contributed by atoms with Gasteiger partial charge in [0.1, 0.15) is 0 Å². The minimum Gasteiger partial charge on any atom is -0.372 e. The van der Waals surface area contributed by atoms with E-state index in [0.29, 0.717) is 5.56 Å². The number of hydrogen-bond acceptors (Lipinski definition) is 5. The highest BCUT2D eigenvalue weighted by Gasteiger charge is 2.32. The molecule has 0 saturated carbocycles. The predicted molar refractivity (Wildman–Crippen MR) is 104 cm³/mol. The lowest BCUT2D eigenvalue weighted by atomic mass is 10.1. The lowest BCUT2D eigenvalue weighted by Gasteiger charge is -2.23. The summed E-state index contributed by atoms with van der Waals surface area (Å²) in [6.45, 7) is 11.4. The van der Waals surface area contributed by atoms with Gasteiger partial charge in [0.2, 0.25) is 5.78 Å². The van der Waals surface area contributed by atoms with E-state index in [4.69, 9.17) is 0 Å². The average Bonchev–Trinajstić information content (AvgIpc) is 2.72. The number of fused-ring (bicyclic) bond motifs is 1. The van der Waals surface area contributed by atoms with E-state index >= 15 is 0 Å². The Morgan fingerprint density at radius 3 is 1.92 bits per heavy atom. The zero-order valence-corrected chi connectivity index (χ0v) is 16.0. The van der Waals surface area contributed by atoms with Gasteiger partial charge >= 0.3 is 0 Å². The van der Waals surface area contributed by atoms with Crippen molar-refractivity contribution in [3.8, 4) is 0 Å². The first-order valence-electron chi connectivity index (χ1n) is 8.54. The molecule has 1 aromatic carbocycles. The Bertz CT molecular complexity index is 720. The van der Waals surface area contributed by atoms with Gasteiger partial charge in [-0.2, -0.15) is 0 Å². The molecule has 0 unspecified atom stereocenters. The first kappa shape index (κ1) is 18.6. The van der Waals surface area contributed by atoms with Crippen LogP contribution in [0.3, 0.4) is 0 Å². The molecule has 5 heteroatoms. The summed E-state index contributed by atoms with van der Waals surface area (Å²) in [4.78, 5) is 30.4. The van der Waals surface area contributed by atoms with Crippen LogP contribution in [0.1, 0.15) is 43.6 Å². The average molecular weight is 346 g/mol. The summed E-state index contributed by atoms with van der Waals surface area (Å²) < 4.78 is 0. The Kier molecular flexibility index (Phi) is 6.10. The largest absolute Gasteiger partial charge is 0.372 e. The maximum absolute atomic E-state index is 13.0. The number of thioether (sulfide) groups is 1. The summed E-state index contributed by atoms with van der Waals surface area (Å²) in [5.74, 6) is 0.0309. The number of Topliss-reactive ketones (excluding diaryl/α,β-unsaturated/α-hetero) is 1. The van der Waals surface area contributed by atoms with Crippen molar-refractivity contribution < 1.29 is 4.79 Å². The van der Waals surface area contributed by atoms with E-state index in [1.807, 2.05) is 12.3 Å². The Labute approximate surface area is 148 Å². The van der Waals surface area contributed by atoms with E-state index in [2.05, 4.69) is 37.5 Å². The van der Waals surface area contributed by atoms with Crippen molar-refractivity contribution >= 4 is 28.9 Å². The first-order chi connectivity index (χ1) is 11.5. The maximum atomic E-state index is 13.0. The van der Waals surface area contributed by atoms with Gasteiger partial charge in [-0.05, 0) is 46.1 Å². The van der Waals surface area contributed by atoms with Crippen LogP contribution < -0.4 is 10.3 Å². The second kappa shape index (κ2) is 7.88. The molecule has 0 amide bonds. The SMILES string of the molecule is CCN(CC)C1=C(SC)C(=O)c2cc(N(CC)CC)cc(=O)cc21. The molecule has 0 aromatic heterocycles. The van der Waals surface area contributed by atoms with Gasteiger partial charge < -0.3 is 9.80 Å². The van der Waals surface area contributed by atoms with E-state index in [1.54, 1.807) is 12.1 Å². The van der Waals surface area contributed by atoms with Crippen LogP contribution in [0, 0.1) is 0 Å². The van der Waals surface area contributed by atoms with Gasteiger partial charge in [0.05, 0.1) is 10.6 Å². The maximum Gasteiger partial charge on any atom is 0.202 e. The third-order valence-electron chi connectivity index (χ3n) is 4.49. The Morgan fingerprint density at radius 2 is 1.42 bits per heavy atom. The summed E-state index contributed by atoms with van der Waals surface area (Å²) >= 11 is 1.47. The summed E-state index contributed by atoms with van der Waals surface area (Å²) in [7, 11) is 0. The second-order valence-electron chi connectivity index (χ2n) is 5.64. The van der Waals surface area contributed by atoms with Crippen molar-refractivity contribution in [2.24, 2.45) is 0 Å². The molecule has 0 N–H and O–H groups in total. The Balaban J connectivity index is 2.74. The van der Waals surface area contributed by atoms with Crippen LogP contribution in [-0.4, -0.2) is 43.1 Å². The van der Waals surface area contributed by atoms with Crippen molar-refractivity contribution in [1.82, 2.24) is 4.90 Å². The molecule has 1 aliphatic carbocycles. The molecule has 0 fully saturated rings. The van der Waals surface area contributed by atoms with Crippen molar-refractivity contribution in [2.45, 2.75) is 27.7 Å². The van der Waals surface area contributed by atoms with Crippen LogP contribution in [0.2, 0.25) is 0 Å². The monoisotopic (exact) mass is 346 g/mol. The quantitative estimate of drug-likeness (QED) is 0.756. The highest BCUT2D eigenvalue weighted by atomic mass is 32.2. The van der Waals surface area contributed by atoms with E-state index in [0.717, 1.165) is 48.0 Å². The minimum absolute atomic E-state index is 0.0309. The van der Waals surface area contributed by atoms with E-state index < -0.39 is 0 Å². The van der Waals surface area contributed by atoms with Gasteiger partial charge in [0, 0.05) is 49.1 Å². The van der Waals surface area contributed by atoms with E-state index in [9.17, 15) is 9.59 Å². The van der Waals surface area contributed by atoms with Crippen LogP contribution in [0.4, 0.5) is 5.69 Å². The third kappa shape index (κ3) is 3.22. The summed E-state index contributed by atoms with van der Waals surface area (Å²) in [6.07, 6.45) is 1.92. The standard InChI is InChI=1S/C19H26N2O2S/c1-6-20(7-2)13-10-14(22)12-15-16(11-13)18(23)19(24-5)17(15)21(8-3)9-4/h10-12H,6-9H2,1-5H3. The number of hydrogen-bond donors (Lipinski definition) is 0. The summed E-state index contributed by atoms with van der Waals surface area (Å²) in [5.41, 5.74) is 3.09. The first-order valence-corrected chi connectivity index (χ1v) is 9.77. The third-order valence-corrected chi connectivity index (χ3v) is 5.28. The Morgan fingerprint density at radius 1 is 0.833 bits per heavy atom. The van der Waals surface area contributed by atoms with Gasteiger partial charge in [-0.3, -0.25) is 9.59 Å². The van der Waals surface area contributed by atoms with Crippen LogP contribution in [0.15, 0.2) is 27.9 Å². The van der Waals surface area contributed by atoms with E-state index in [-0.39, 0.29) is 11.2 Å². The molecule has 0 saturated heterocycles. The molecule has 0 radical (unpaired) electrons. The number of nitrogens with zero attached hydrogens (tertiary/aromatic N) is 2. The van der Waals surface area contributed by atoms with Gasteiger partial charge in [0.15, 0.2) is 5.43 Å². The smallest absolute Gasteiger partial charge is 0.202 e. The minimum atomic E-state index is -0.0574. The molecule has 1 aliphatic rings. The molecule has 0 atom stereocenters. The summed E-state index contributed by atoms with van der Waals surface area (Å²) in [6, 6.07) is 5.15. The molecule has 130 valence electrons. The molecule has 1 aromatic rings. The number of carbonyl (C=O) groups excluding carboxylic acids is 1. The molecule has 4 nitrogen and oxygen atoms in total. The molecule has 0 heterocycles. The highest BCUT2D eigenvalue weighted by molar-refractivity contribution is 8.03. The highest BCUT2D eigenvalue weighted by Crippen LogP contribution is 2.39. The zero-order chi connectivity index (χ0) is 17.9. The predicted octanol–water partition coefficient (Wildman–Crippen LogP) is 3.46. The molecule has 24 heavy (non-hydrogen) atoms. The fourth-order valence-corrected chi connectivity index (χ4v) is 3.95. The summed E-state index contributed by atoms with van der Waals surface area (Å²) in [5, 5.41) is 0. The number of rotatable bonds is 7. The molecular formula is C19H26N2O2S. The van der Waals surface area contributed by atoms with Gasteiger partial charge in [-0.25, -0.2) is 0 Å². The van der Waals surface area contributed by atoms with Crippen LogP contribution in [0.5, 0.6) is 0 Å². The van der Waals surface area contributed by atoms with E-state index in [1.165, 1.54) is 11.8 Å². The number of carbonyl (C=O) groups is 1. The fourth-order valence-electron chi connectivity index (χ4n) is 3.23. The van der Waals surface area contributed by atoms with Crippen LogP contribution >= 0.6 is 11.8 Å². The molecule has 0 aliphatic heterocycles. The lowest BCUT2D eigenvalue weighted by Crippen LogP contribution is -2.22. The Hall–Kier alpha value is -1.75. The molecular weight excluding hydrogens is 320 g/mol. The lowest BCUT2D eigenvalue weighted by molar-refractivity contribution is 0.104. The van der Waals surface area contributed by atoms with Gasteiger partial charge in [0.25, 0.3) is 0 Å². The van der Waals surface area contributed by atoms with Gasteiger partial charge in [-0.15, -0.1) is 11.8 Å².